The number of hydrogen-bond acceptors (Lipinski definition) is 3. The van der Waals surface area contributed by atoms with Crippen molar-refractivity contribution in [3.8, 4) is 5.75 Å². The van der Waals surface area contributed by atoms with Crippen molar-refractivity contribution in [1.82, 2.24) is 10.6 Å². The molecule has 28 heavy (non-hydrogen) atoms. The molecule has 0 bridgehead atoms. The quantitative estimate of drug-likeness (QED) is 0.710. The van der Waals surface area contributed by atoms with Gasteiger partial charge in [-0.1, -0.05) is 48.5 Å². The van der Waals surface area contributed by atoms with Gasteiger partial charge in [-0.25, -0.2) is 0 Å². The van der Waals surface area contributed by atoms with E-state index in [0.717, 1.165) is 17.7 Å². The number of benzene rings is 2. The van der Waals surface area contributed by atoms with E-state index in [-0.39, 0.29) is 11.5 Å². The highest BCUT2D eigenvalue weighted by molar-refractivity contribution is 5.95. The molecule has 2 N–H and O–H groups in total. The summed E-state index contributed by atoms with van der Waals surface area (Å²) in [6.07, 6.45) is -2.61. The average Bonchev–Trinajstić information content (AvgIpc) is 2.65. The largest absolute Gasteiger partial charge is 0.573 e. The van der Waals surface area contributed by atoms with E-state index >= 15 is 0 Å². The molecule has 5 nitrogen and oxygen atoms in total. The Morgan fingerprint density at radius 1 is 1.07 bits per heavy atom. The van der Waals surface area contributed by atoms with Crippen LogP contribution in [0.4, 0.5) is 13.2 Å². The molecule has 2 aromatic rings. The molecule has 0 heterocycles. The highest BCUT2D eigenvalue weighted by Crippen LogP contribution is 2.26. The van der Waals surface area contributed by atoms with Crippen molar-refractivity contribution in [3.05, 3.63) is 71.8 Å². The number of hydrogen-bond donors (Lipinski definition) is 2. The summed E-state index contributed by atoms with van der Waals surface area (Å²) in [6, 6.07) is 13.9. The zero-order chi connectivity index (χ0) is 20.6. The molecule has 0 radical (unpaired) electrons. The Hall–Kier alpha value is -3.29. The van der Waals surface area contributed by atoms with Crippen LogP contribution in [0.5, 0.6) is 5.75 Å². The second-order valence-electron chi connectivity index (χ2n) is 5.85. The monoisotopic (exact) mass is 392 g/mol. The summed E-state index contributed by atoms with van der Waals surface area (Å²) in [5, 5.41) is 5.14. The number of nitrogens with one attached hydrogen (secondary N) is 2. The van der Waals surface area contributed by atoms with Crippen molar-refractivity contribution >= 4 is 17.9 Å². The lowest BCUT2D eigenvalue weighted by molar-refractivity contribution is -0.274. The first-order chi connectivity index (χ1) is 13.2. The fourth-order valence-electron chi connectivity index (χ4n) is 2.27. The standard InChI is InChI=1S/C20H19F3N2O3/c1-14(19(27)24-13-15-7-3-2-4-8-15)25-18(26)12-11-16-9-5-6-10-17(16)28-20(21,22)23/h2-12,14H,13H2,1H3,(H,24,27)(H,25,26)/b12-11+. The summed E-state index contributed by atoms with van der Waals surface area (Å²) in [6.45, 7) is 1.82. The first-order valence-corrected chi connectivity index (χ1v) is 8.39. The lowest BCUT2D eigenvalue weighted by Crippen LogP contribution is -2.44. The Labute approximate surface area is 160 Å². The molecule has 1 unspecified atom stereocenters. The Morgan fingerprint density at radius 3 is 2.39 bits per heavy atom. The van der Waals surface area contributed by atoms with Gasteiger partial charge in [0.1, 0.15) is 11.8 Å². The molecule has 1 atom stereocenters. The molecule has 2 amide bonds. The molecule has 0 saturated heterocycles. The summed E-state index contributed by atoms with van der Waals surface area (Å²) in [7, 11) is 0. The van der Waals surface area contributed by atoms with Gasteiger partial charge in [0, 0.05) is 18.2 Å². The van der Waals surface area contributed by atoms with Crippen LogP contribution in [-0.4, -0.2) is 24.2 Å². The highest BCUT2D eigenvalue weighted by atomic mass is 19.4. The summed E-state index contributed by atoms with van der Waals surface area (Å²) in [5.74, 6) is -1.43. The minimum Gasteiger partial charge on any atom is -0.405 e. The number of carbonyl (C=O) groups is 2. The first-order valence-electron chi connectivity index (χ1n) is 8.39. The molecule has 2 rings (SSSR count). The number of halogens is 3. The van der Waals surface area contributed by atoms with Gasteiger partial charge in [-0.15, -0.1) is 13.2 Å². The Bertz CT molecular complexity index is 836. The lowest BCUT2D eigenvalue weighted by Gasteiger charge is -2.13. The number of ether oxygens (including phenoxy) is 1. The molecule has 8 heteroatoms. The molecule has 2 aromatic carbocycles. The average molecular weight is 392 g/mol. The number of alkyl halides is 3. The van der Waals surface area contributed by atoms with E-state index in [4.69, 9.17) is 0 Å². The predicted molar refractivity (Wildman–Crippen MR) is 98.1 cm³/mol. The van der Waals surface area contributed by atoms with Crippen molar-refractivity contribution in [2.75, 3.05) is 0 Å². The smallest absolute Gasteiger partial charge is 0.405 e. The van der Waals surface area contributed by atoms with Crippen molar-refractivity contribution < 1.29 is 27.5 Å². The van der Waals surface area contributed by atoms with Crippen molar-refractivity contribution in [2.45, 2.75) is 25.9 Å². The van der Waals surface area contributed by atoms with Crippen LogP contribution in [-0.2, 0) is 16.1 Å². The van der Waals surface area contributed by atoms with Crippen LogP contribution in [0.2, 0.25) is 0 Å². The van der Waals surface area contributed by atoms with Crippen LogP contribution in [0.1, 0.15) is 18.1 Å². The molecule has 0 fully saturated rings. The third-order valence-corrected chi connectivity index (χ3v) is 3.62. The number of carbonyl (C=O) groups excluding carboxylic acids is 2. The SMILES string of the molecule is CC(NC(=O)/C=C/c1ccccc1OC(F)(F)F)C(=O)NCc1ccccc1. The van der Waals surface area contributed by atoms with Crippen LogP contribution >= 0.6 is 0 Å². The summed E-state index contributed by atoms with van der Waals surface area (Å²) >= 11 is 0. The van der Waals surface area contributed by atoms with Gasteiger partial charge in [0.25, 0.3) is 0 Å². The van der Waals surface area contributed by atoms with E-state index in [1.54, 1.807) is 0 Å². The third kappa shape index (κ3) is 7.14. The molecule has 0 saturated carbocycles. The van der Waals surface area contributed by atoms with E-state index in [9.17, 15) is 22.8 Å². The first kappa shape index (κ1) is 21.0. The van der Waals surface area contributed by atoms with Gasteiger partial charge in [0.2, 0.25) is 11.8 Å². The number of para-hydroxylation sites is 1. The van der Waals surface area contributed by atoms with Crippen LogP contribution in [0.25, 0.3) is 6.08 Å². The van der Waals surface area contributed by atoms with Crippen LogP contribution in [0, 0.1) is 0 Å². The van der Waals surface area contributed by atoms with Gasteiger partial charge in [-0.3, -0.25) is 9.59 Å². The fraction of sp³-hybridized carbons (Fsp3) is 0.200. The van der Waals surface area contributed by atoms with Crippen molar-refractivity contribution in [3.63, 3.8) is 0 Å². The maximum Gasteiger partial charge on any atom is 0.573 e. The number of amides is 2. The van der Waals surface area contributed by atoms with Crippen molar-refractivity contribution in [1.29, 1.82) is 0 Å². The van der Waals surface area contributed by atoms with Gasteiger partial charge in [-0.2, -0.15) is 0 Å². The van der Waals surface area contributed by atoms with Gasteiger partial charge in [-0.05, 0) is 24.6 Å². The minimum atomic E-state index is -4.84. The maximum atomic E-state index is 12.4. The zero-order valence-electron chi connectivity index (χ0n) is 15.0. The molecular formula is C20H19F3N2O3. The van der Waals surface area contributed by atoms with E-state index in [1.807, 2.05) is 30.3 Å². The molecule has 148 valence electrons. The minimum absolute atomic E-state index is 0.0798. The van der Waals surface area contributed by atoms with Crippen LogP contribution < -0.4 is 15.4 Å². The van der Waals surface area contributed by atoms with E-state index < -0.39 is 24.1 Å². The Kier molecular flexibility index (Phi) is 7.20. The van der Waals surface area contributed by atoms with E-state index in [0.29, 0.717) is 6.54 Å². The normalized spacial score (nSPS) is 12.4. The topological polar surface area (TPSA) is 67.4 Å². The summed E-state index contributed by atoms with van der Waals surface area (Å²) in [4.78, 5) is 24.0. The zero-order valence-corrected chi connectivity index (χ0v) is 15.0. The van der Waals surface area contributed by atoms with Crippen molar-refractivity contribution in [2.24, 2.45) is 0 Å². The Balaban J connectivity index is 1.90. The summed E-state index contributed by atoms with van der Waals surface area (Å²) < 4.78 is 41.1. The lowest BCUT2D eigenvalue weighted by atomic mass is 10.2. The van der Waals surface area contributed by atoms with E-state index in [2.05, 4.69) is 15.4 Å². The molecule has 0 aliphatic heterocycles. The second kappa shape index (κ2) is 9.59. The highest BCUT2D eigenvalue weighted by Gasteiger charge is 2.31. The number of rotatable bonds is 7. The van der Waals surface area contributed by atoms with Gasteiger partial charge in [0.15, 0.2) is 0 Å². The second-order valence-corrected chi connectivity index (χ2v) is 5.85. The molecule has 0 aliphatic rings. The van der Waals surface area contributed by atoms with Crippen LogP contribution in [0.15, 0.2) is 60.7 Å². The molecule has 0 aliphatic carbocycles. The fourth-order valence-corrected chi connectivity index (χ4v) is 2.27. The predicted octanol–water partition coefficient (Wildman–Crippen LogP) is 3.42. The van der Waals surface area contributed by atoms with Gasteiger partial charge in [0.05, 0.1) is 0 Å². The molecular weight excluding hydrogens is 373 g/mol. The van der Waals surface area contributed by atoms with Gasteiger partial charge < -0.3 is 15.4 Å². The molecule has 0 aromatic heterocycles. The molecule has 0 spiro atoms. The Morgan fingerprint density at radius 2 is 1.71 bits per heavy atom. The third-order valence-electron chi connectivity index (χ3n) is 3.62. The van der Waals surface area contributed by atoms with Crippen LogP contribution in [0.3, 0.4) is 0 Å². The van der Waals surface area contributed by atoms with Gasteiger partial charge >= 0.3 is 6.36 Å². The summed E-state index contributed by atoms with van der Waals surface area (Å²) in [5.41, 5.74) is 0.992. The van der Waals surface area contributed by atoms with E-state index in [1.165, 1.54) is 31.2 Å². The maximum absolute atomic E-state index is 12.4.